The Hall–Kier alpha value is -1.89. The number of rotatable bonds is 4. The summed E-state index contributed by atoms with van der Waals surface area (Å²) < 4.78 is 0. The number of aliphatic carboxylic acids is 1. The van der Waals surface area contributed by atoms with Crippen LogP contribution in [-0.4, -0.2) is 34.0 Å². The molecule has 2 N–H and O–H groups in total. The molecule has 0 aromatic carbocycles. The van der Waals surface area contributed by atoms with Gasteiger partial charge >= 0.3 is 12.0 Å². The number of nitrogens with one attached hydrogen (secondary N) is 1. The Balaban J connectivity index is 2.39. The second-order valence-corrected chi connectivity index (χ2v) is 5.42. The van der Waals surface area contributed by atoms with Gasteiger partial charge in [0.05, 0.1) is 0 Å². The van der Waals surface area contributed by atoms with Crippen molar-refractivity contribution in [1.29, 1.82) is 0 Å². The first-order valence-corrected chi connectivity index (χ1v) is 6.72. The van der Waals surface area contributed by atoms with Crippen molar-refractivity contribution in [2.45, 2.75) is 31.8 Å². The summed E-state index contributed by atoms with van der Waals surface area (Å²) in [6.07, 6.45) is 0.176. The molecule has 0 radical (unpaired) electrons. The number of amides is 3. The third-order valence-electron chi connectivity index (χ3n) is 3.22. The molecule has 2 rings (SSSR count). The van der Waals surface area contributed by atoms with E-state index < -0.39 is 29.5 Å². The lowest BCUT2D eigenvalue weighted by Crippen LogP contribution is -2.46. The van der Waals surface area contributed by atoms with Crippen LogP contribution in [0.2, 0.25) is 0 Å². The van der Waals surface area contributed by atoms with Gasteiger partial charge in [0, 0.05) is 4.88 Å². The van der Waals surface area contributed by atoms with Gasteiger partial charge in [-0.2, -0.15) is 0 Å². The van der Waals surface area contributed by atoms with Crippen LogP contribution in [0.1, 0.15) is 25.1 Å². The molecule has 1 saturated heterocycles. The number of urea groups is 1. The number of nitrogens with zero attached hydrogens (tertiary/aromatic N) is 1. The molecule has 0 saturated carbocycles. The lowest BCUT2D eigenvalue weighted by atomic mass is 10.00. The van der Waals surface area contributed by atoms with Crippen LogP contribution < -0.4 is 5.32 Å². The highest BCUT2D eigenvalue weighted by Crippen LogP contribution is 2.33. The molecule has 1 fully saturated rings. The number of carboxylic acids is 1. The van der Waals surface area contributed by atoms with Crippen LogP contribution in [0.4, 0.5) is 4.79 Å². The second kappa shape index (κ2) is 4.65. The molecule has 102 valence electrons. The van der Waals surface area contributed by atoms with Gasteiger partial charge in [-0.25, -0.2) is 14.5 Å². The average Bonchev–Trinajstić information content (AvgIpc) is 2.93. The first-order chi connectivity index (χ1) is 8.91. The van der Waals surface area contributed by atoms with Gasteiger partial charge in [0.1, 0.15) is 6.04 Å². The highest BCUT2D eigenvalue weighted by atomic mass is 32.1. The minimum absolute atomic E-state index is 0.176. The molecule has 19 heavy (non-hydrogen) atoms. The smallest absolute Gasteiger partial charge is 0.326 e. The van der Waals surface area contributed by atoms with Crippen LogP contribution in [0.25, 0.3) is 0 Å². The highest BCUT2D eigenvalue weighted by Gasteiger charge is 2.52. The van der Waals surface area contributed by atoms with E-state index >= 15 is 0 Å². The van der Waals surface area contributed by atoms with Crippen LogP contribution >= 0.6 is 11.3 Å². The maximum absolute atomic E-state index is 12.4. The average molecular weight is 282 g/mol. The van der Waals surface area contributed by atoms with Crippen molar-refractivity contribution in [2.24, 2.45) is 0 Å². The summed E-state index contributed by atoms with van der Waals surface area (Å²) >= 11 is 1.34. The number of hydrogen-bond acceptors (Lipinski definition) is 4. The minimum atomic E-state index is -1.18. The maximum atomic E-state index is 12.4. The Morgan fingerprint density at radius 2 is 2.26 bits per heavy atom. The molecule has 7 heteroatoms. The standard InChI is InChI=1S/C12H14N2O4S/c1-3-7(9(15)16)14-10(17)12(2,13-11(14)18)8-5-4-6-19-8/h4-7H,3H2,1-2H3,(H,13,18)(H,15,16). The first kappa shape index (κ1) is 13.5. The number of hydrogen-bond donors (Lipinski definition) is 2. The number of imide groups is 1. The molecular weight excluding hydrogens is 268 g/mol. The van der Waals surface area contributed by atoms with Crippen molar-refractivity contribution in [3.8, 4) is 0 Å². The topological polar surface area (TPSA) is 86.7 Å². The van der Waals surface area contributed by atoms with Crippen LogP contribution in [0, 0.1) is 0 Å². The van der Waals surface area contributed by atoms with E-state index in [-0.39, 0.29) is 6.42 Å². The molecule has 2 heterocycles. The summed E-state index contributed by atoms with van der Waals surface area (Å²) in [7, 11) is 0. The molecule has 1 aliphatic rings. The van der Waals surface area contributed by atoms with E-state index in [1.165, 1.54) is 11.3 Å². The predicted octanol–water partition coefficient (Wildman–Crippen LogP) is 1.38. The van der Waals surface area contributed by atoms with E-state index in [1.807, 2.05) is 0 Å². The van der Waals surface area contributed by atoms with E-state index in [1.54, 1.807) is 31.4 Å². The van der Waals surface area contributed by atoms with E-state index in [4.69, 9.17) is 5.11 Å². The lowest BCUT2D eigenvalue weighted by molar-refractivity contribution is -0.147. The zero-order valence-corrected chi connectivity index (χ0v) is 11.4. The monoisotopic (exact) mass is 282 g/mol. The third kappa shape index (κ3) is 1.99. The van der Waals surface area contributed by atoms with Crippen molar-refractivity contribution in [3.05, 3.63) is 22.4 Å². The minimum Gasteiger partial charge on any atom is -0.480 e. The predicted molar refractivity (Wildman–Crippen MR) is 68.8 cm³/mol. The molecule has 0 bridgehead atoms. The Morgan fingerprint density at radius 3 is 2.74 bits per heavy atom. The van der Waals surface area contributed by atoms with Crippen LogP contribution in [0.15, 0.2) is 17.5 Å². The fraction of sp³-hybridized carbons (Fsp3) is 0.417. The Morgan fingerprint density at radius 1 is 1.58 bits per heavy atom. The fourth-order valence-corrected chi connectivity index (χ4v) is 2.98. The zero-order valence-electron chi connectivity index (χ0n) is 10.5. The van der Waals surface area contributed by atoms with Crippen LogP contribution in [0.5, 0.6) is 0 Å². The molecule has 0 spiro atoms. The van der Waals surface area contributed by atoms with Gasteiger partial charge in [-0.05, 0) is 24.8 Å². The van der Waals surface area contributed by atoms with Gasteiger partial charge in [-0.15, -0.1) is 11.3 Å². The summed E-state index contributed by atoms with van der Waals surface area (Å²) in [6, 6.07) is 1.74. The van der Waals surface area contributed by atoms with E-state index in [2.05, 4.69) is 5.32 Å². The van der Waals surface area contributed by atoms with E-state index in [0.717, 1.165) is 4.90 Å². The summed E-state index contributed by atoms with van der Waals surface area (Å²) in [5.74, 6) is -1.70. The second-order valence-electron chi connectivity index (χ2n) is 4.47. The number of thiophene rings is 1. The largest absolute Gasteiger partial charge is 0.480 e. The third-order valence-corrected chi connectivity index (χ3v) is 4.31. The van der Waals surface area contributed by atoms with Crippen LogP contribution in [0.3, 0.4) is 0 Å². The summed E-state index contributed by atoms with van der Waals surface area (Å²) in [5, 5.41) is 13.5. The zero-order chi connectivity index (χ0) is 14.2. The number of carbonyl (C=O) groups excluding carboxylic acids is 2. The maximum Gasteiger partial charge on any atom is 0.326 e. The molecule has 6 nitrogen and oxygen atoms in total. The molecule has 2 atom stereocenters. The number of carbonyl (C=O) groups is 3. The molecule has 2 unspecified atom stereocenters. The Kier molecular flexibility index (Phi) is 3.32. The normalized spacial score (nSPS) is 24.4. The van der Waals surface area contributed by atoms with Crippen LogP contribution in [-0.2, 0) is 15.1 Å². The first-order valence-electron chi connectivity index (χ1n) is 5.84. The van der Waals surface area contributed by atoms with Gasteiger partial charge in [0.15, 0.2) is 5.54 Å². The summed E-state index contributed by atoms with van der Waals surface area (Å²) in [5.41, 5.74) is -1.17. The fourth-order valence-electron chi connectivity index (χ4n) is 2.14. The van der Waals surface area contributed by atoms with Gasteiger partial charge in [-0.1, -0.05) is 13.0 Å². The lowest BCUT2D eigenvalue weighted by Gasteiger charge is -2.23. The molecule has 0 aliphatic carbocycles. The van der Waals surface area contributed by atoms with Crippen molar-refractivity contribution in [3.63, 3.8) is 0 Å². The molecule has 1 aromatic rings. The van der Waals surface area contributed by atoms with Crippen molar-refractivity contribution >= 4 is 29.2 Å². The molecular formula is C12H14N2O4S. The van der Waals surface area contributed by atoms with Gasteiger partial charge < -0.3 is 10.4 Å². The summed E-state index contributed by atoms with van der Waals surface area (Å²) in [4.78, 5) is 37.0. The van der Waals surface area contributed by atoms with E-state index in [0.29, 0.717) is 4.88 Å². The Bertz CT molecular complexity index is 528. The SMILES string of the molecule is CCC(C(=O)O)N1C(=O)NC(C)(c2cccs2)C1=O. The molecule has 1 aliphatic heterocycles. The van der Waals surface area contributed by atoms with E-state index in [9.17, 15) is 14.4 Å². The Labute approximate surface area is 114 Å². The van der Waals surface area contributed by atoms with Gasteiger partial charge in [0.25, 0.3) is 5.91 Å². The van der Waals surface area contributed by atoms with Crippen molar-refractivity contribution in [2.75, 3.05) is 0 Å². The van der Waals surface area contributed by atoms with Crippen molar-refractivity contribution < 1.29 is 19.5 Å². The van der Waals surface area contributed by atoms with Gasteiger partial charge in [0.2, 0.25) is 0 Å². The molecule has 3 amide bonds. The highest BCUT2D eigenvalue weighted by molar-refractivity contribution is 7.10. The number of carboxylic acid groups (broad SMARTS) is 1. The quantitative estimate of drug-likeness (QED) is 0.817. The van der Waals surface area contributed by atoms with Gasteiger partial charge in [-0.3, -0.25) is 4.79 Å². The molecule has 1 aromatic heterocycles. The van der Waals surface area contributed by atoms with Crippen molar-refractivity contribution in [1.82, 2.24) is 10.2 Å². The summed E-state index contributed by atoms with van der Waals surface area (Å²) in [6.45, 7) is 3.22.